The number of rotatable bonds is 9. The molecule has 0 amide bonds. The maximum atomic E-state index is 12.1. The lowest BCUT2D eigenvalue weighted by molar-refractivity contribution is 0.0870. The maximum Gasteiger partial charge on any atom is 0.591 e. The van der Waals surface area contributed by atoms with Gasteiger partial charge in [-0.15, -0.1) is 0 Å². The Labute approximate surface area is 168 Å². The Hall–Kier alpha value is -2.49. The number of carbonyl (C=O) groups is 1. The van der Waals surface area contributed by atoms with E-state index in [0.717, 1.165) is 11.1 Å². The molecular weight excluding hydrogens is 368 g/mol. The summed E-state index contributed by atoms with van der Waals surface area (Å²) in [4.78, 5) is 12.1. The molecule has 0 heterocycles. The third-order valence-corrected chi connectivity index (χ3v) is 6.20. The average molecular weight is 395 g/mol. The normalized spacial score (nSPS) is 11.2. The van der Waals surface area contributed by atoms with E-state index in [9.17, 15) is 4.79 Å². The molecule has 0 saturated heterocycles. The summed E-state index contributed by atoms with van der Waals surface area (Å²) in [5, 5.41) is 0. The van der Waals surface area contributed by atoms with Gasteiger partial charge in [-0.3, -0.25) is 4.79 Å². The quantitative estimate of drug-likeness (QED) is 0.271. The number of hydrogen-bond donors (Lipinski definition) is 0. The topological polar surface area (TPSA) is 44.8 Å². The lowest BCUT2D eigenvalue weighted by Gasteiger charge is -2.22. The summed E-state index contributed by atoms with van der Waals surface area (Å²) in [5.74, 6) is 3.08. The Morgan fingerprint density at radius 3 is 2.00 bits per heavy atom. The highest BCUT2D eigenvalue weighted by Gasteiger charge is 2.39. The molecule has 2 aromatic carbocycles. The summed E-state index contributed by atoms with van der Waals surface area (Å²) < 4.78 is 17.2. The van der Waals surface area contributed by atoms with Crippen LogP contribution < -0.4 is 0 Å². The van der Waals surface area contributed by atoms with Crippen LogP contribution in [0.4, 0.5) is 0 Å². The van der Waals surface area contributed by atoms with Crippen LogP contribution in [0.5, 0.6) is 0 Å². The molecule has 0 atom stereocenters. The Morgan fingerprint density at radius 2 is 1.46 bits per heavy atom. The van der Waals surface area contributed by atoms with E-state index in [1.165, 1.54) is 0 Å². The molecule has 146 valence electrons. The summed E-state index contributed by atoms with van der Waals surface area (Å²) in [6.45, 7) is 7.16. The van der Waals surface area contributed by atoms with Crippen molar-refractivity contribution in [2.45, 2.75) is 20.8 Å². The molecule has 0 spiro atoms. The number of carbonyl (C=O) groups excluding carboxylic acids is 1. The van der Waals surface area contributed by atoms with Gasteiger partial charge < -0.3 is 13.3 Å². The van der Waals surface area contributed by atoms with E-state index in [1.807, 2.05) is 63.2 Å². The third kappa shape index (κ3) is 6.59. The van der Waals surface area contributed by atoms with Crippen molar-refractivity contribution in [1.29, 1.82) is 0 Å². The van der Waals surface area contributed by atoms with Crippen molar-refractivity contribution in [1.82, 2.24) is 0 Å². The van der Waals surface area contributed by atoms with E-state index >= 15 is 0 Å². The average Bonchev–Trinajstić information content (AvgIpc) is 2.72. The standard InChI is InChI=1S/C23H26O4Si/c1-4-25-28(26-5-2,27-6-3)19-18-21-14-12-20(13-15-21)16-17-23(24)22-10-8-7-9-11-22/h7-17H,4-6H2,1-3H3. The predicted molar refractivity (Wildman–Crippen MR) is 114 cm³/mol. The highest BCUT2D eigenvalue weighted by molar-refractivity contribution is 6.69. The zero-order chi connectivity index (χ0) is 20.2. The van der Waals surface area contributed by atoms with E-state index in [0.29, 0.717) is 25.4 Å². The fourth-order valence-electron chi connectivity index (χ4n) is 2.50. The SMILES string of the molecule is CCO[Si](C#Cc1ccc(C=CC(=O)c2ccccc2)cc1)(OCC)OCC. The second-order valence-electron chi connectivity index (χ2n) is 5.79. The maximum absolute atomic E-state index is 12.1. The molecule has 2 aromatic rings. The van der Waals surface area contributed by atoms with Crippen LogP contribution in [0.15, 0.2) is 60.7 Å². The van der Waals surface area contributed by atoms with Crippen LogP contribution in [0.1, 0.15) is 42.3 Å². The Kier molecular flexibility index (Phi) is 8.86. The van der Waals surface area contributed by atoms with Gasteiger partial charge in [-0.2, -0.15) is 0 Å². The Balaban J connectivity index is 2.11. The van der Waals surface area contributed by atoms with Crippen molar-refractivity contribution < 1.29 is 18.1 Å². The van der Waals surface area contributed by atoms with Crippen LogP contribution in [0, 0.1) is 11.5 Å². The molecule has 0 N–H and O–H groups in total. The van der Waals surface area contributed by atoms with E-state index in [2.05, 4.69) is 11.5 Å². The minimum Gasteiger partial charge on any atom is -0.364 e. The summed E-state index contributed by atoms with van der Waals surface area (Å²) in [7, 11) is -2.98. The molecule has 0 bridgehead atoms. The molecule has 5 heteroatoms. The zero-order valence-corrected chi connectivity index (χ0v) is 17.6. The van der Waals surface area contributed by atoms with Gasteiger partial charge in [-0.1, -0.05) is 54.5 Å². The predicted octanol–water partition coefficient (Wildman–Crippen LogP) is 4.52. The molecule has 0 aliphatic rings. The zero-order valence-electron chi connectivity index (χ0n) is 16.6. The largest absolute Gasteiger partial charge is 0.591 e. The molecule has 0 unspecified atom stereocenters. The van der Waals surface area contributed by atoms with Crippen molar-refractivity contribution in [2.75, 3.05) is 19.8 Å². The molecule has 0 aromatic heterocycles. The molecule has 0 saturated carbocycles. The highest BCUT2D eigenvalue weighted by Crippen LogP contribution is 2.11. The van der Waals surface area contributed by atoms with Crippen LogP contribution >= 0.6 is 0 Å². The monoisotopic (exact) mass is 394 g/mol. The van der Waals surface area contributed by atoms with Gasteiger partial charge in [-0.25, -0.2) is 0 Å². The second kappa shape index (κ2) is 11.4. The number of hydrogen-bond acceptors (Lipinski definition) is 4. The third-order valence-electron chi connectivity index (χ3n) is 3.76. The minimum absolute atomic E-state index is 0.0228. The first-order valence-corrected chi connectivity index (χ1v) is 11.2. The first-order valence-electron chi connectivity index (χ1n) is 9.45. The van der Waals surface area contributed by atoms with Gasteiger partial charge in [0.05, 0.1) is 0 Å². The van der Waals surface area contributed by atoms with Crippen molar-refractivity contribution in [2.24, 2.45) is 0 Å². The molecule has 28 heavy (non-hydrogen) atoms. The number of benzene rings is 2. The fraction of sp³-hybridized carbons (Fsp3) is 0.261. The van der Waals surface area contributed by atoms with Crippen LogP contribution in [0.25, 0.3) is 6.08 Å². The van der Waals surface area contributed by atoms with E-state index in [1.54, 1.807) is 24.3 Å². The molecular formula is C23H26O4Si. The van der Waals surface area contributed by atoms with Crippen molar-refractivity contribution in [3.8, 4) is 11.5 Å². The van der Waals surface area contributed by atoms with Gasteiger partial charge in [0.1, 0.15) is 0 Å². The minimum atomic E-state index is -2.98. The number of ketones is 1. The first kappa shape index (κ1) is 21.8. The van der Waals surface area contributed by atoms with Crippen LogP contribution in [0.3, 0.4) is 0 Å². The highest BCUT2D eigenvalue weighted by atomic mass is 28.4. The Bertz CT molecular complexity index is 815. The second-order valence-corrected chi connectivity index (χ2v) is 8.02. The molecule has 0 fully saturated rings. The lowest BCUT2D eigenvalue weighted by Crippen LogP contribution is -2.45. The first-order chi connectivity index (χ1) is 13.6. The van der Waals surface area contributed by atoms with Crippen LogP contribution in [-0.4, -0.2) is 34.4 Å². The molecule has 0 aliphatic carbocycles. The lowest BCUT2D eigenvalue weighted by atomic mass is 10.1. The van der Waals surface area contributed by atoms with Gasteiger partial charge in [0.2, 0.25) is 0 Å². The fourth-order valence-corrected chi connectivity index (χ4v) is 4.40. The summed E-state index contributed by atoms with van der Waals surface area (Å²) >= 11 is 0. The van der Waals surface area contributed by atoms with Crippen molar-refractivity contribution in [3.63, 3.8) is 0 Å². The van der Waals surface area contributed by atoms with Gasteiger partial charge in [0, 0.05) is 30.9 Å². The van der Waals surface area contributed by atoms with E-state index in [4.69, 9.17) is 13.3 Å². The van der Waals surface area contributed by atoms with Gasteiger partial charge in [-0.05, 0) is 50.1 Å². The molecule has 0 radical (unpaired) electrons. The Morgan fingerprint density at radius 1 is 0.893 bits per heavy atom. The van der Waals surface area contributed by atoms with E-state index < -0.39 is 8.80 Å². The van der Waals surface area contributed by atoms with Gasteiger partial charge in [0.25, 0.3) is 0 Å². The van der Waals surface area contributed by atoms with Crippen LogP contribution in [-0.2, 0) is 13.3 Å². The van der Waals surface area contributed by atoms with E-state index in [-0.39, 0.29) is 5.78 Å². The summed E-state index contributed by atoms with van der Waals surface area (Å²) in [6, 6.07) is 16.8. The van der Waals surface area contributed by atoms with Crippen molar-refractivity contribution in [3.05, 3.63) is 77.4 Å². The summed E-state index contributed by atoms with van der Waals surface area (Å²) in [6.07, 6.45) is 3.37. The molecule has 0 aliphatic heterocycles. The molecule has 4 nitrogen and oxygen atoms in total. The van der Waals surface area contributed by atoms with Crippen LogP contribution in [0.2, 0.25) is 0 Å². The molecule has 2 rings (SSSR count). The smallest absolute Gasteiger partial charge is 0.364 e. The van der Waals surface area contributed by atoms with Crippen molar-refractivity contribution >= 4 is 20.7 Å². The van der Waals surface area contributed by atoms with Gasteiger partial charge in [0.15, 0.2) is 5.78 Å². The summed E-state index contributed by atoms with van der Waals surface area (Å²) in [5.41, 5.74) is 5.53. The van der Waals surface area contributed by atoms with Gasteiger partial charge >= 0.3 is 8.80 Å². The number of allylic oxidation sites excluding steroid dienone is 1.